The summed E-state index contributed by atoms with van der Waals surface area (Å²) in [6.07, 6.45) is 0. The van der Waals surface area contributed by atoms with E-state index in [1.807, 2.05) is 0 Å². The Bertz CT molecular complexity index is 93.1. The molecule has 0 aromatic heterocycles. The molecule has 0 fully saturated rings. The monoisotopic (exact) mass is 119 g/mol. The lowest BCUT2D eigenvalue weighted by Crippen LogP contribution is -2.45. The van der Waals surface area contributed by atoms with Gasteiger partial charge in [-0.3, -0.25) is 0 Å². The summed E-state index contributed by atoms with van der Waals surface area (Å²) in [7, 11) is 5.40. The van der Waals surface area contributed by atoms with Crippen molar-refractivity contribution in [1.82, 2.24) is 0 Å². The molecular weight excluding hydrogens is 108 g/mol. The summed E-state index contributed by atoms with van der Waals surface area (Å²) in [6.45, 7) is 0.0694. The van der Waals surface area contributed by atoms with Gasteiger partial charge in [-0.15, -0.1) is 0 Å². The molecule has 0 aromatic carbocycles. The Kier molecular flexibility index (Phi) is 1.98. The fraction of sp³-hybridized carbons (Fsp3) is 0.800. The summed E-state index contributed by atoms with van der Waals surface area (Å²) in [5.41, 5.74) is 0. The van der Waals surface area contributed by atoms with E-state index in [0.29, 0.717) is 4.48 Å². The van der Waals surface area contributed by atoms with Crippen molar-refractivity contribution in [2.45, 2.75) is 0 Å². The maximum Gasteiger partial charge on any atom is 0.118 e. The number of hydrogen-bond acceptors (Lipinski definition) is 2. The number of carbonyl (C=O) groups excluding carboxylic acids is 1. The average molecular weight is 119 g/mol. The predicted octanol–water partition coefficient (Wildman–Crippen LogP) is -1.56. The van der Waals surface area contributed by atoms with Crippen molar-refractivity contribution in [3.8, 4) is 0 Å². The molecule has 0 saturated heterocycles. The SMILES string of the molecule is C[N+](C)(C)[13CH2][13C](=O)[O-]. The van der Waals surface area contributed by atoms with Crippen LogP contribution < -0.4 is 5.11 Å². The third kappa shape index (κ3) is 5.43. The number of carboxylic acids is 1. The molecule has 0 aliphatic rings. The van der Waals surface area contributed by atoms with E-state index in [-0.39, 0.29) is 6.54 Å². The van der Waals surface area contributed by atoms with Crippen molar-refractivity contribution in [2.75, 3.05) is 27.7 Å². The van der Waals surface area contributed by atoms with Gasteiger partial charge in [0.15, 0.2) is 0 Å². The quantitative estimate of drug-likeness (QED) is 0.326. The fourth-order valence-corrected chi connectivity index (χ4v) is 0.387. The number of carbonyl (C=O) groups is 1. The molecule has 48 valence electrons. The predicted molar refractivity (Wildman–Crippen MR) is 27.9 cm³/mol. The first-order valence-electron chi connectivity index (χ1n) is 2.42. The second kappa shape index (κ2) is 2.13. The van der Waals surface area contributed by atoms with Gasteiger partial charge in [-0.05, 0) is 0 Å². The van der Waals surface area contributed by atoms with Crippen molar-refractivity contribution in [3.63, 3.8) is 0 Å². The number of nitrogens with zero attached hydrogens (tertiary/aromatic N) is 1. The van der Waals surface area contributed by atoms with Gasteiger partial charge in [0.2, 0.25) is 0 Å². The molecule has 0 rings (SSSR count). The van der Waals surface area contributed by atoms with E-state index in [9.17, 15) is 9.90 Å². The van der Waals surface area contributed by atoms with Crippen molar-refractivity contribution < 1.29 is 14.4 Å². The van der Waals surface area contributed by atoms with E-state index in [4.69, 9.17) is 0 Å². The largest absolute Gasteiger partial charge is 0.544 e. The lowest BCUT2D eigenvalue weighted by atomic mass is 10.8. The van der Waals surface area contributed by atoms with E-state index < -0.39 is 5.97 Å². The van der Waals surface area contributed by atoms with Gasteiger partial charge in [0.1, 0.15) is 6.54 Å². The summed E-state index contributed by atoms with van der Waals surface area (Å²) < 4.78 is 0.419. The Morgan fingerprint density at radius 2 is 1.88 bits per heavy atom. The number of aliphatic carboxylic acids is 1. The number of quaternary nitrogens is 1. The summed E-state index contributed by atoms with van der Waals surface area (Å²) >= 11 is 0. The van der Waals surface area contributed by atoms with Crippen LogP contribution in [0.1, 0.15) is 0 Å². The molecule has 0 atom stereocenters. The zero-order chi connectivity index (χ0) is 6.78. The van der Waals surface area contributed by atoms with Crippen molar-refractivity contribution >= 4 is 5.97 Å². The first-order valence-corrected chi connectivity index (χ1v) is 2.42. The lowest BCUT2D eigenvalue weighted by Gasteiger charge is -2.23. The topological polar surface area (TPSA) is 40.1 Å². The second-order valence-electron chi connectivity index (χ2n) is 2.82. The molecule has 0 radical (unpaired) electrons. The molecule has 0 aliphatic carbocycles. The van der Waals surface area contributed by atoms with Crippen LogP contribution in [0.3, 0.4) is 0 Å². The molecule has 0 unspecified atom stereocenters. The first kappa shape index (κ1) is 7.43. The molecule has 3 nitrogen and oxygen atoms in total. The van der Waals surface area contributed by atoms with Gasteiger partial charge >= 0.3 is 0 Å². The van der Waals surface area contributed by atoms with Crippen LogP contribution >= 0.6 is 0 Å². The second-order valence-corrected chi connectivity index (χ2v) is 2.82. The maximum absolute atomic E-state index is 9.89. The molecule has 3 heteroatoms. The lowest BCUT2D eigenvalue weighted by molar-refractivity contribution is -0.864. The third-order valence-electron chi connectivity index (χ3n) is 0.603. The van der Waals surface area contributed by atoms with E-state index in [0.717, 1.165) is 0 Å². The standard InChI is InChI=1S/C5H11NO2/c1-6(2,3)4-5(7)8/h4H2,1-3H3/i4+1,5+1. The van der Waals surface area contributed by atoms with Gasteiger partial charge in [0.25, 0.3) is 0 Å². The van der Waals surface area contributed by atoms with Gasteiger partial charge in [-0.25, -0.2) is 0 Å². The van der Waals surface area contributed by atoms with Crippen molar-refractivity contribution in [1.29, 1.82) is 0 Å². The highest BCUT2D eigenvalue weighted by atomic mass is 16.5. The van der Waals surface area contributed by atoms with Crippen LogP contribution in [0, 0.1) is 0 Å². The van der Waals surface area contributed by atoms with Crippen LogP contribution in [0.2, 0.25) is 0 Å². The molecule has 0 spiro atoms. The molecule has 0 aromatic rings. The van der Waals surface area contributed by atoms with Crippen molar-refractivity contribution in [3.05, 3.63) is 0 Å². The van der Waals surface area contributed by atoms with Gasteiger partial charge in [0.05, 0.1) is 27.1 Å². The summed E-state index contributed by atoms with van der Waals surface area (Å²) in [5, 5.41) is 9.89. The molecule has 0 bridgehead atoms. The molecule has 8 heavy (non-hydrogen) atoms. The number of likely N-dealkylation sites (N-methyl/N-ethyl adjacent to an activating group) is 1. The Morgan fingerprint density at radius 1 is 1.50 bits per heavy atom. The summed E-state index contributed by atoms with van der Waals surface area (Å²) in [5.74, 6) is -1.00. The van der Waals surface area contributed by atoms with E-state index in [2.05, 4.69) is 0 Å². The Morgan fingerprint density at radius 3 is 1.88 bits per heavy atom. The zero-order valence-electron chi connectivity index (χ0n) is 5.47. The Labute approximate surface area is 49.1 Å². The number of hydrogen-bond donors (Lipinski definition) is 0. The van der Waals surface area contributed by atoms with Crippen LogP contribution in [-0.4, -0.2) is 38.1 Å². The van der Waals surface area contributed by atoms with Gasteiger partial charge in [0, 0.05) is 0 Å². The van der Waals surface area contributed by atoms with E-state index >= 15 is 0 Å². The first-order chi connectivity index (χ1) is 3.42. The van der Waals surface area contributed by atoms with E-state index in [1.54, 1.807) is 21.1 Å². The smallest absolute Gasteiger partial charge is 0.118 e. The highest BCUT2D eigenvalue weighted by molar-refractivity contribution is 5.65. The molecule has 0 amide bonds. The molecule has 0 saturated carbocycles. The zero-order valence-corrected chi connectivity index (χ0v) is 5.47. The molecule has 0 heterocycles. The molecule has 0 N–H and O–H groups in total. The maximum atomic E-state index is 9.89. The molecular formula is C5H11NO2. The number of rotatable bonds is 2. The number of carboxylic acid groups (broad SMARTS) is 1. The Balaban J connectivity index is 3.55. The highest BCUT2D eigenvalue weighted by Gasteiger charge is 2.04. The minimum absolute atomic E-state index is 0.0694. The van der Waals surface area contributed by atoms with Crippen LogP contribution in [0.25, 0.3) is 0 Å². The van der Waals surface area contributed by atoms with Crippen LogP contribution in [-0.2, 0) is 4.79 Å². The van der Waals surface area contributed by atoms with Crippen molar-refractivity contribution in [2.24, 2.45) is 0 Å². The minimum Gasteiger partial charge on any atom is -0.544 e. The average Bonchev–Trinajstić information content (AvgIpc) is 1.21. The third-order valence-corrected chi connectivity index (χ3v) is 0.603. The molecule has 0 aliphatic heterocycles. The normalized spacial score (nSPS) is 11.4. The van der Waals surface area contributed by atoms with Crippen LogP contribution in [0.4, 0.5) is 0 Å². The van der Waals surface area contributed by atoms with Gasteiger partial charge < -0.3 is 14.4 Å². The fourth-order valence-electron chi connectivity index (χ4n) is 0.387. The highest BCUT2D eigenvalue weighted by Crippen LogP contribution is 1.84. The van der Waals surface area contributed by atoms with Crippen LogP contribution in [0.15, 0.2) is 0 Å². The summed E-state index contributed by atoms with van der Waals surface area (Å²) in [4.78, 5) is 9.89. The van der Waals surface area contributed by atoms with Crippen LogP contribution in [0.5, 0.6) is 0 Å². The Hall–Kier alpha value is -0.570. The van der Waals surface area contributed by atoms with Gasteiger partial charge in [-0.1, -0.05) is 0 Å². The summed E-state index contributed by atoms with van der Waals surface area (Å²) in [6, 6.07) is 0. The van der Waals surface area contributed by atoms with E-state index in [1.165, 1.54) is 0 Å². The van der Waals surface area contributed by atoms with Gasteiger partial charge in [-0.2, -0.15) is 0 Å². The minimum atomic E-state index is -1.00.